The van der Waals surface area contributed by atoms with Crippen LogP contribution in [0.3, 0.4) is 0 Å². The number of amides is 2. The van der Waals surface area contributed by atoms with E-state index in [1.54, 1.807) is 0 Å². The number of benzene rings is 2. The van der Waals surface area contributed by atoms with E-state index in [4.69, 9.17) is 0 Å². The molecule has 2 rings (SSSR count). The molecule has 0 unspecified atom stereocenters. The summed E-state index contributed by atoms with van der Waals surface area (Å²) in [6.45, 7) is 7.50. The summed E-state index contributed by atoms with van der Waals surface area (Å²) in [6.07, 6.45) is 0. The zero-order valence-electron chi connectivity index (χ0n) is 15.0. The number of rotatable bonds is 7. The smallest absolute Gasteiger partial charge is 0.244 e. The molecule has 0 heterocycles. The van der Waals surface area contributed by atoms with Crippen LogP contribution in [0.25, 0.3) is 0 Å². The summed E-state index contributed by atoms with van der Waals surface area (Å²) in [5.41, 5.74) is 2.53. The van der Waals surface area contributed by atoms with Crippen LogP contribution in [0.4, 0.5) is 17.1 Å². The Morgan fingerprint density at radius 1 is 0.880 bits per heavy atom. The Morgan fingerprint density at radius 2 is 1.44 bits per heavy atom. The lowest BCUT2D eigenvalue weighted by Crippen LogP contribution is -2.36. The normalized spacial score (nSPS) is 10.2. The second kappa shape index (κ2) is 8.87. The molecule has 5 heteroatoms. The van der Waals surface area contributed by atoms with Crippen LogP contribution in [0.5, 0.6) is 0 Å². The first kappa shape index (κ1) is 18.5. The number of hydrogen-bond acceptors (Lipinski definition) is 3. The van der Waals surface area contributed by atoms with Crippen LogP contribution in [0.2, 0.25) is 0 Å². The molecule has 25 heavy (non-hydrogen) atoms. The van der Waals surface area contributed by atoms with E-state index in [-0.39, 0.29) is 18.4 Å². The number of carbonyl (C=O) groups is 2. The number of nitrogens with one attached hydrogen (secondary N) is 1. The summed E-state index contributed by atoms with van der Waals surface area (Å²) < 4.78 is 0. The molecule has 5 nitrogen and oxygen atoms in total. The first-order chi connectivity index (χ1) is 12.0. The zero-order valence-corrected chi connectivity index (χ0v) is 15.0. The molecule has 0 radical (unpaired) electrons. The maximum absolute atomic E-state index is 12.3. The predicted octanol–water partition coefficient (Wildman–Crippen LogP) is 3.52. The summed E-state index contributed by atoms with van der Waals surface area (Å²) in [7, 11) is 0. The number of hydrogen-bond donors (Lipinski definition) is 1. The average Bonchev–Trinajstić information content (AvgIpc) is 2.62. The number of para-hydroxylation sites is 1. The second-order valence-corrected chi connectivity index (χ2v) is 5.71. The van der Waals surface area contributed by atoms with Crippen LogP contribution in [0, 0.1) is 0 Å². The Labute approximate surface area is 149 Å². The average molecular weight is 339 g/mol. The first-order valence-corrected chi connectivity index (χ1v) is 8.53. The molecule has 0 saturated carbocycles. The minimum Gasteiger partial charge on any atom is -0.372 e. The van der Waals surface area contributed by atoms with Gasteiger partial charge in [-0.05, 0) is 50.2 Å². The van der Waals surface area contributed by atoms with Crippen LogP contribution in [0.15, 0.2) is 54.6 Å². The number of anilines is 3. The highest BCUT2D eigenvalue weighted by Crippen LogP contribution is 2.21. The van der Waals surface area contributed by atoms with Gasteiger partial charge in [0, 0.05) is 37.1 Å². The molecule has 2 amide bonds. The van der Waals surface area contributed by atoms with Gasteiger partial charge >= 0.3 is 0 Å². The molecule has 0 aliphatic carbocycles. The molecule has 0 spiro atoms. The fourth-order valence-electron chi connectivity index (χ4n) is 2.68. The van der Waals surface area contributed by atoms with Gasteiger partial charge in [-0.1, -0.05) is 18.2 Å². The lowest BCUT2D eigenvalue weighted by atomic mass is 10.2. The Kier molecular flexibility index (Phi) is 6.57. The third-order valence-electron chi connectivity index (χ3n) is 4.03. The van der Waals surface area contributed by atoms with Crippen molar-refractivity contribution in [3.63, 3.8) is 0 Å². The van der Waals surface area contributed by atoms with E-state index in [2.05, 4.69) is 24.1 Å². The number of carbonyl (C=O) groups excluding carboxylic acids is 2. The minimum absolute atomic E-state index is 0.0190. The molecule has 0 aliphatic rings. The van der Waals surface area contributed by atoms with Crippen molar-refractivity contribution in [2.75, 3.05) is 34.8 Å². The van der Waals surface area contributed by atoms with Crippen molar-refractivity contribution in [3.8, 4) is 0 Å². The Morgan fingerprint density at radius 3 is 1.96 bits per heavy atom. The van der Waals surface area contributed by atoms with Crippen molar-refractivity contribution < 1.29 is 9.59 Å². The van der Waals surface area contributed by atoms with E-state index in [0.717, 1.165) is 18.8 Å². The Balaban J connectivity index is 2.09. The van der Waals surface area contributed by atoms with Crippen molar-refractivity contribution in [2.24, 2.45) is 0 Å². The van der Waals surface area contributed by atoms with Gasteiger partial charge in [-0.25, -0.2) is 0 Å². The van der Waals surface area contributed by atoms with Gasteiger partial charge in [-0.2, -0.15) is 0 Å². The van der Waals surface area contributed by atoms with Crippen LogP contribution in [0.1, 0.15) is 20.8 Å². The fourth-order valence-corrected chi connectivity index (χ4v) is 2.68. The van der Waals surface area contributed by atoms with E-state index in [1.807, 2.05) is 54.6 Å². The molecule has 2 aromatic carbocycles. The standard InChI is InChI=1S/C20H25N3O2/c1-4-22(5-2)18-11-13-19(14-12-18)23(16(3)24)15-20(25)21-17-9-7-6-8-10-17/h6-14H,4-5,15H2,1-3H3,(H,21,25). The maximum Gasteiger partial charge on any atom is 0.244 e. The largest absolute Gasteiger partial charge is 0.372 e. The van der Waals surface area contributed by atoms with Crippen molar-refractivity contribution in [3.05, 3.63) is 54.6 Å². The molecule has 2 aromatic rings. The quantitative estimate of drug-likeness (QED) is 0.840. The fraction of sp³-hybridized carbons (Fsp3) is 0.300. The van der Waals surface area contributed by atoms with Gasteiger partial charge in [0.05, 0.1) is 0 Å². The summed E-state index contributed by atoms with van der Waals surface area (Å²) in [4.78, 5) is 28.0. The van der Waals surface area contributed by atoms with Gasteiger partial charge < -0.3 is 15.1 Å². The molecule has 0 atom stereocenters. The molecule has 1 N–H and O–H groups in total. The SMILES string of the molecule is CCN(CC)c1ccc(N(CC(=O)Nc2ccccc2)C(C)=O)cc1. The monoisotopic (exact) mass is 339 g/mol. The Hall–Kier alpha value is -2.82. The van der Waals surface area contributed by atoms with E-state index in [1.165, 1.54) is 11.8 Å². The first-order valence-electron chi connectivity index (χ1n) is 8.53. The topological polar surface area (TPSA) is 52.6 Å². The lowest BCUT2D eigenvalue weighted by Gasteiger charge is -2.24. The maximum atomic E-state index is 12.3. The molecule has 0 aromatic heterocycles. The summed E-state index contributed by atoms with van der Waals surface area (Å²) >= 11 is 0. The van der Waals surface area contributed by atoms with Crippen LogP contribution < -0.4 is 15.1 Å². The van der Waals surface area contributed by atoms with Gasteiger partial charge in [-0.15, -0.1) is 0 Å². The molecule has 0 aliphatic heterocycles. The Bertz CT molecular complexity index is 695. The predicted molar refractivity (Wildman–Crippen MR) is 103 cm³/mol. The van der Waals surface area contributed by atoms with Gasteiger partial charge in [0.15, 0.2) is 0 Å². The molecule has 0 saturated heterocycles. The second-order valence-electron chi connectivity index (χ2n) is 5.71. The third kappa shape index (κ3) is 5.08. The van der Waals surface area contributed by atoms with Gasteiger partial charge in [0.1, 0.15) is 6.54 Å². The van der Waals surface area contributed by atoms with Crippen LogP contribution >= 0.6 is 0 Å². The minimum atomic E-state index is -0.228. The molecule has 0 bridgehead atoms. The highest BCUT2D eigenvalue weighted by atomic mass is 16.2. The van der Waals surface area contributed by atoms with Crippen molar-refractivity contribution in [1.29, 1.82) is 0 Å². The van der Waals surface area contributed by atoms with E-state index in [0.29, 0.717) is 11.4 Å². The third-order valence-corrected chi connectivity index (χ3v) is 4.03. The van der Waals surface area contributed by atoms with Crippen LogP contribution in [-0.2, 0) is 9.59 Å². The molecule has 132 valence electrons. The molecular formula is C20H25N3O2. The van der Waals surface area contributed by atoms with Crippen molar-refractivity contribution in [1.82, 2.24) is 0 Å². The highest BCUT2D eigenvalue weighted by Gasteiger charge is 2.16. The van der Waals surface area contributed by atoms with Crippen LogP contribution in [-0.4, -0.2) is 31.4 Å². The lowest BCUT2D eigenvalue weighted by molar-refractivity contribution is -0.120. The number of nitrogens with zero attached hydrogens (tertiary/aromatic N) is 2. The van der Waals surface area contributed by atoms with Gasteiger partial charge in [0.2, 0.25) is 11.8 Å². The van der Waals surface area contributed by atoms with Crippen molar-refractivity contribution in [2.45, 2.75) is 20.8 Å². The van der Waals surface area contributed by atoms with E-state index in [9.17, 15) is 9.59 Å². The molecular weight excluding hydrogens is 314 g/mol. The van der Waals surface area contributed by atoms with Gasteiger partial charge in [0.25, 0.3) is 0 Å². The summed E-state index contributed by atoms with van der Waals surface area (Å²) in [5, 5.41) is 2.80. The highest BCUT2D eigenvalue weighted by molar-refractivity contribution is 6.01. The summed E-state index contributed by atoms with van der Waals surface area (Å²) in [5.74, 6) is -0.395. The summed E-state index contributed by atoms with van der Waals surface area (Å²) in [6, 6.07) is 16.9. The van der Waals surface area contributed by atoms with E-state index >= 15 is 0 Å². The van der Waals surface area contributed by atoms with Gasteiger partial charge in [-0.3, -0.25) is 9.59 Å². The van der Waals surface area contributed by atoms with Crippen molar-refractivity contribution >= 4 is 28.9 Å². The van der Waals surface area contributed by atoms with E-state index < -0.39 is 0 Å². The zero-order chi connectivity index (χ0) is 18.2. The molecule has 0 fully saturated rings.